The number of allylic oxidation sites excluding steroid dienone is 2. The van der Waals surface area contributed by atoms with Crippen molar-refractivity contribution in [3.8, 4) is 0 Å². The van der Waals surface area contributed by atoms with Gasteiger partial charge >= 0.3 is 0 Å². The maximum absolute atomic E-state index is 12.2. The maximum atomic E-state index is 12.2. The molecular weight excluding hydrogens is 256 g/mol. The Kier molecular flexibility index (Phi) is 4.71. The van der Waals surface area contributed by atoms with Crippen molar-refractivity contribution in [2.24, 2.45) is 34.5 Å². The lowest BCUT2D eigenvalue weighted by atomic mass is 9.62. The van der Waals surface area contributed by atoms with Crippen molar-refractivity contribution in [2.75, 3.05) is 0 Å². The minimum Gasteiger partial charge on any atom is -0.299 e. The van der Waals surface area contributed by atoms with Crippen LogP contribution < -0.4 is 0 Å². The van der Waals surface area contributed by atoms with E-state index >= 15 is 0 Å². The number of Topliss-reactive ketones (excluding diaryl/α,β-unsaturated/α-hetero) is 1. The lowest BCUT2D eigenvalue weighted by molar-refractivity contribution is -0.129. The van der Waals surface area contributed by atoms with E-state index in [9.17, 15) is 4.79 Å². The molecule has 1 unspecified atom stereocenters. The Morgan fingerprint density at radius 3 is 2.48 bits per heavy atom. The molecule has 0 spiro atoms. The summed E-state index contributed by atoms with van der Waals surface area (Å²) in [4.78, 5) is 12.2. The molecule has 2 rings (SSSR count). The van der Waals surface area contributed by atoms with E-state index in [1.165, 1.54) is 12.8 Å². The van der Waals surface area contributed by atoms with Gasteiger partial charge in [0.25, 0.3) is 0 Å². The number of rotatable bonds is 3. The molecule has 2 fully saturated rings. The van der Waals surface area contributed by atoms with Crippen LogP contribution in [0, 0.1) is 34.5 Å². The number of fused-ring (bicyclic) bond motifs is 1. The van der Waals surface area contributed by atoms with E-state index in [0.717, 1.165) is 19.3 Å². The van der Waals surface area contributed by atoms with Crippen LogP contribution in [-0.4, -0.2) is 5.78 Å². The Morgan fingerprint density at radius 2 is 1.86 bits per heavy atom. The quantitative estimate of drug-likeness (QED) is 0.614. The van der Waals surface area contributed by atoms with Gasteiger partial charge in [-0.1, -0.05) is 53.7 Å². The average molecular weight is 290 g/mol. The first-order chi connectivity index (χ1) is 9.66. The Labute approximate surface area is 131 Å². The largest absolute Gasteiger partial charge is 0.299 e. The van der Waals surface area contributed by atoms with E-state index in [0.29, 0.717) is 34.9 Å². The molecule has 5 atom stereocenters. The number of carbonyl (C=O) groups is 1. The second-order valence-electron chi connectivity index (χ2n) is 8.96. The van der Waals surface area contributed by atoms with Crippen LogP contribution in [0.3, 0.4) is 0 Å². The number of carbonyl (C=O) groups excluding carboxylic acids is 1. The first kappa shape index (κ1) is 16.8. The van der Waals surface area contributed by atoms with E-state index < -0.39 is 0 Å². The first-order valence-corrected chi connectivity index (χ1v) is 8.87. The minimum absolute atomic E-state index is 0.268. The molecule has 0 radical (unpaired) electrons. The highest BCUT2D eigenvalue weighted by Crippen LogP contribution is 2.56. The summed E-state index contributed by atoms with van der Waals surface area (Å²) in [5.74, 6) is 2.78. The fourth-order valence-corrected chi connectivity index (χ4v) is 4.60. The van der Waals surface area contributed by atoms with Gasteiger partial charge in [0, 0.05) is 12.3 Å². The van der Waals surface area contributed by atoms with Gasteiger partial charge in [0.1, 0.15) is 5.78 Å². The third-order valence-corrected chi connectivity index (χ3v) is 6.64. The molecule has 0 heterocycles. The van der Waals surface area contributed by atoms with Crippen molar-refractivity contribution in [1.82, 2.24) is 0 Å². The smallest absolute Gasteiger partial charge is 0.136 e. The summed E-state index contributed by atoms with van der Waals surface area (Å²) in [6, 6.07) is 0. The lowest BCUT2D eigenvalue weighted by Crippen LogP contribution is -2.39. The second-order valence-corrected chi connectivity index (χ2v) is 8.96. The molecule has 0 bridgehead atoms. The van der Waals surface area contributed by atoms with Crippen LogP contribution >= 0.6 is 0 Å². The Bertz CT molecular complexity index is 414. The monoisotopic (exact) mass is 290 g/mol. The molecule has 2 saturated carbocycles. The van der Waals surface area contributed by atoms with Crippen LogP contribution in [0.4, 0.5) is 0 Å². The van der Waals surface area contributed by atoms with E-state index in [1.807, 2.05) is 0 Å². The Morgan fingerprint density at radius 1 is 1.19 bits per heavy atom. The van der Waals surface area contributed by atoms with Crippen LogP contribution in [0.15, 0.2) is 12.2 Å². The normalized spacial score (nSPS) is 36.8. The van der Waals surface area contributed by atoms with Gasteiger partial charge in [0.05, 0.1) is 0 Å². The van der Waals surface area contributed by atoms with Crippen molar-refractivity contribution < 1.29 is 4.79 Å². The summed E-state index contributed by atoms with van der Waals surface area (Å²) in [5, 5.41) is 0. The van der Waals surface area contributed by atoms with Crippen molar-refractivity contribution >= 4 is 5.78 Å². The topological polar surface area (TPSA) is 17.1 Å². The molecular formula is C20H34O. The molecule has 0 aliphatic heterocycles. The minimum atomic E-state index is 0.268. The van der Waals surface area contributed by atoms with Crippen molar-refractivity contribution in [3.63, 3.8) is 0 Å². The number of ketones is 1. The molecule has 0 amide bonds. The lowest BCUT2D eigenvalue weighted by Gasteiger charge is -2.41. The summed E-state index contributed by atoms with van der Waals surface area (Å²) < 4.78 is 0. The SMILES string of the molecule is C[C@H](/C=C/[C@H](C)C(C)(C)C)C1CC[C@H]2C(=O)CCC[C@]12C. The van der Waals surface area contributed by atoms with E-state index in [4.69, 9.17) is 0 Å². The van der Waals surface area contributed by atoms with Gasteiger partial charge in [-0.3, -0.25) is 4.79 Å². The van der Waals surface area contributed by atoms with Crippen LogP contribution in [0.25, 0.3) is 0 Å². The summed E-state index contributed by atoms with van der Waals surface area (Å²) in [6.45, 7) is 14.0. The Hall–Kier alpha value is -0.590. The molecule has 2 aliphatic carbocycles. The molecule has 0 aromatic heterocycles. The number of hydrogen-bond donors (Lipinski definition) is 0. The predicted octanol–water partition coefficient (Wildman–Crippen LogP) is 5.65. The van der Waals surface area contributed by atoms with Crippen LogP contribution in [0.2, 0.25) is 0 Å². The van der Waals surface area contributed by atoms with Crippen LogP contribution in [0.5, 0.6) is 0 Å². The fourth-order valence-electron chi connectivity index (χ4n) is 4.60. The maximum Gasteiger partial charge on any atom is 0.136 e. The van der Waals surface area contributed by atoms with Crippen LogP contribution in [-0.2, 0) is 4.79 Å². The van der Waals surface area contributed by atoms with Gasteiger partial charge in [-0.15, -0.1) is 0 Å². The zero-order chi connectivity index (χ0) is 15.8. The van der Waals surface area contributed by atoms with Crippen LogP contribution in [0.1, 0.15) is 73.6 Å². The van der Waals surface area contributed by atoms with Gasteiger partial charge in [0.2, 0.25) is 0 Å². The van der Waals surface area contributed by atoms with Gasteiger partial charge in [0.15, 0.2) is 0 Å². The summed E-state index contributed by atoms with van der Waals surface area (Å²) in [7, 11) is 0. The fraction of sp³-hybridized carbons (Fsp3) is 0.850. The zero-order valence-corrected chi connectivity index (χ0v) is 14.9. The molecule has 0 saturated heterocycles. The molecule has 2 aliphatic rings. The van der Waals surface area contributed by atoms with E-state index in [1.54, 1.807) is 0 Å². The predicted molar refractivity (Wildman–Crippen MR) is 90.1 cm³/mol. The average Bonchev–Trinajstić information content (AvgIpc) is 2.73. The Balaban J connectivity index is 2.08. The molecule has 0 N–H and O–H groups in total. The van der Waals surface area contributed by atoms with Crippen molar-refractivity contribution in [3.05, 3.63) is 12.2 Å². The highest BCUT2D eigenvalue weighted by molar-refractivity contribution is 5.83. The second kappa shape index (κ2) is 5.89. The highest BCUT2D eigenvalue weighted by Gasteiger charge is 2.51. The summed E-state index contributed by atoms with van der Waals surface area (Å²) in [6.07, 6.45) is 10.4. The standard InChI is InChI=1S/C20H34O/c1-14(9-10-15(2)19(3,4)5)16-11-12-17-18(21)8-7-13-20(16,17)6/h9-10,14-17H,7-8,11-13H2,1-6H3/b10-9+/t14-,15+,16?,17+,20-/m1/s1. The van der Waals surface area contributed by atoms with Gasteiger partial charge < -0.3 is 0 Å². The molecule has 120 valence electrons. The molecule has 1 heteroatoms. The van der Waals surface area contributed by atoms with Crippen molar-refractivity contribution in [1.29, 1.82) is 0 Å². The third kappa shape index (κ3) is 3.27. The van der Waals surface area contributed by atoms with E-state index in [-0.39, 0.29) is 5.41 Å². The van der Waals surface area contributed by atoms with Gasteiger partial charge in [-0.2, -0.15) is 0 Å². The first-order valence-electron chi connectivity index (χ1n) is 8.87. The number of hydrogen-bond acceptors (Lipinski definition) is 1. The third-order valence-electron chi connectivity index (χ3n) is 6.64. The van der Waals surface area contributed by atoms with E-state index in [2.05, 4.69) is 53.7 Å². The molecule has 0 aromatic rings. The summed E-state index contributed by atoms with van der Waals surface area (Å²) in [5.41, 5.74) is 0.600. The van der Waals surface area contributed by atoms with Gasteiger partial charge in [-0.05, 0) is 54.3 Å². The highest BCUT2D eigenvalue weighted by atomic mass is 16.1. The zero-order valence-electron chi connectivity index (χ0n) is 14.9. The van der Waals surface area contributed by atoms with Crippen molar-refractivity contribution in [2.45, 2.75) is 73.6 Å². The van der Waals surface area contributed by atoms with Gasteiger partial charge in [-0.25, -0.2) is 0 Å². The summed E-state index contributed by atoms with van der Waals surface area (Å²) >= 11 is 0. The molecule has 1 nitrogen and oxygen atoms in total. The molecule has 0 aromatic carbocycles. The molecule has 21 heavy (non-hydrogen) atoms.